The van der Waals surface area contributed by atoms with Crippen LogP contribution in [0.2, 0.25) is 0 Å². The number of aromatic nitrogens is 2. The van der Waals surface area contributed by atoms with Gasteiger partial charge in [0.25, 0.3) is 11.5 Å². The number of hydrogen-bond acceptors (Lipinski definition) is 5. The van der Waals surface area contributed by atoms with E-state index >= 15 is 0 Å². The zero-order chi connectivity index (χ0) is 18.0. The van der Waals surface area contributed by atoms with Gasteiger partial charge in [-0.1, -0.05) is 42.5 Å². The molecule has 0 aliphatic heterocycles. The number of carbonyl (C=O) groups is 1. The monoisotopic (exact) mass is 357 g/mol. The van der Waals surface area contributed by atoms with Crippen molar-refractivity contribution in [3.63, 3.8) is 0 Å². The Labute approximate surface area is 144 Å². The van der Waals surface area contributed by atoms with E-state index in [9.17, 15) is 18.0 Å². The summed E-state index contributed by atoms with van der Waals surface area (Å²) in [7, 11) is -3.70. The molecular formula is C17H15N3O4S. The maximum Gasteiger partial charge on any atom is 0.278 e. The molecule has 0 aliphatic carbocycles. The van der Waals surface area contributed by atoms with E-state index in [0.717, 1.165) is 6.26 Å². The lowest BCUT2D eigenvalue weighted by Gasteiger charge is -2.12. The van der Waals surface area contributed by atoms with E-state index < -0.39 is 28.0 Å². The van der Waals surface area contributed by atoms with Gasteiger partial charge in [0, 0.05) is 5.56 Å². The molecule has 25 heavy (non-hydrogen) atoms. The smallest absolute Gasteiger partial charge is 0.278 e. The van der Waals surface area contributed by atoms with E-state index in [4.69, 9.17) is 0 Å². The fourth-order valence-corrected chi connectivity index (χ4v) is 2.99. The summed E-state index contributed by atoms with van der Waals surface area (Å²) in [5, 5.41) is 0. The molecule has 3 rings (SSSR count). The van der Waals surface area contributed by atoms with Crippen LogP contribution in [0.3, 0.4) is 0 Å². The minimum absolute atomic E-state index is 0.200. The Kier molecular flexibility index (Phi) is 4.37. The molecule has 0 atom stereocenters. The van der Waals surface area contributed by atoms with Crippen LogP contribution < -0.4 is 10.3 Å². The highest BCUT2D eigenvalue weighted by atomic mass is 32.2. The first-order chi connectivity index (χ1) is 11.8. The molecule has 8 heteroatoms. The number of carbonyl (C=O) groups excluding carboxylic acids is 1. The Morgan fingerprint density at radius 3 is 2.40 bits per heavy atom. The van der Waals surface area contributed by atoms with Crippen molar-refractivity contribution >= 4 is 27.0 Å². The Morgan fingerprint density at radius 2 is 1.72 bits per heavy atom. The minimum atomic E-state index is -3.70. The first kappa shape index (κ1) is 16.8. The summed E-state index contributed by atoms with van der Waals surface area (Å²) in [6, 6.07) is 15.8. The molecule has 0 bridgehead atoms. The van der Waals surface area contributed by atoms with E-state index in [-0.39, 0.29) is 5.69 Å². The molecule has 1 heterocycles. The number of fused-ring (bicyclic) bond motifs is 1. The summed E-state index contributed by atoms with van der Waals surface area (Å²) in [5.74, 6) is -0.792. The molecule has 0 aliphatic rings. The molecule has 1 amide bonds. The van der Waals surface area contributed by atoms with Crippen LogP contribution in [-0.4, -0.2) is 30.1 Å². The van der Waals surface area contributed by atoms with Gasteiger partial charge in [-0.15, -0.1) is 0 Å². The lowest BCUT2D eigenvalue weighted by atomic mass is 10.1. The number of benzene rings is 2. The molecule has 128 valence electrons. The molecular weight excluding hydrogens is 342 g/mol. The van der Waals surface area contributed by atoms with Crippen LogP contribution in [0.5, 0.6) is 0 Å². The molecule has 3 aromatic rings. The van der Waals surface area contributed by atoms with Crippen LogP contribution in [0.1, 0.15) is 0 Å². The Morgan fingerprint density at radius 1 is 1.08 bits per heavy atom. The van der Waals surface area contributed by atoms with Gasteiger partial charge in [-0.3, -0.25) is 18.9 Å². The van der Waals surface area contributed by atoms with Crippen molar-refractivity contribution in [1.29, 1.82) is 0 Å². The summed E-state index contributed by atoms with van der Waals surface area (Å²) >= 11 is 0. The van der Waals surface area contributed by atoms with E-state index in [1.807, 2.05) is 10.8 Å². The van der Waals surface area contributed by atoms with Crippen LogP contribution in [-0.2, 0) is 21.4 Å². The van der Waals surface area contributed by atoms with Gasteiger partial charge in [0.15, 0.2) is 0 Å². The van der Waals surface area contributed by atoms with Crippen LogP contribution in [0.25, 0.3) is 22.3 Å². The number of nitrogens with zero attached hydrogens (tertiary/aromatic N) is 2. The van der Waals surface area contributed by atoms with Crippen molar-refractivity contribution in [3.05, 3.63) is 65.0 Å². The van der Waals surface area contributed by atoms with Crippen molar-refractivity contribution in [2.45, 2.75) is 6.54 Å². The molecule has 0 spiro atoms. The fourth-order valence-electron chi connectivity index (χ4n) is 2.52. The molecule has 1 aromatic heterocycles. The highest BCUT2D eigenvalue weighted by Gasteiger charge is 2.16. The first-order valence-electron chi connectivity index (χ1n) is 7.41. The predicted molar refractivity (Wildman–Crippen MR) is 94.4 cm³/mol. The summed E-state index contributed by atoms with van der Waals surface area (Å²) in [6.45, 7) is -0.422. The number of hydrogen-bond donors (Lipinski definition) is 1. The third kappa shape index (κ3) is 3.74. The molecule has 2 aromatic carbocycles. The summed E-state index contributed by atoms with van der Waals surface area (Å²) in [4.78, 5) is 29.3. The zero-order valence-electron chi connectivity index (χ0n) is 13.3. The van der Waals surface area contributed by atoms with E-state index in [1.165, 1.54) is 4.57 Å². The topological polar surface area (TPSA) is 98.1 Å². The minimum Gasteiger partial charge on any atom is -0.295 e. The molecule has 0 radical (unpaired) electrons. The van der Waals surface area contributed by atoms with Crippen LogP contribution in [0.15, 0.2) is 59.4 Å². The summed E-state index contributed by atoms with van der Waals surface area (Å²) < 4.78 is 25.6. The molecule has 0 saturated heterocycles. The van der Waals surface area contributed by atoms with Gasteiger partial charge in [-0.25, -0.2) is 13.4 Å². The number of sulfonamides is 1. The quantitative estimate of drug-likeness (QED) is 0.755. The van der Waals surface area contributed by atoms with Crippen LogP contribution in [0.4, 0.5) is 0 Å². The normalized spacial score (nSPS) is 11.4. The number of para-hydroxylation sites is 2. The van der Waals surface area contributed by atoms with E-state index in [2.05, 4.69) is 4.98 Å². The van der Waals surface area contributed by atoms with Crippen molar-refractivity contribution in [2.75, 3.05) is 6.26 Å². The zero-order valence-corrected chi connectivity index (χ0v) is 14.2. The number of amides is 1. The number of rotatable bonds is 4. The predicted octanol–water partition coefficient (Wildman–Crippen LogP) is 1.14. The molecule has 0 saturated carbocycles. The summed E-state index contributed by atoms with van der Waals surface area (Å²) in [6.07, 6.45) is 0.883. The second-order valence-electron chi connectivity index (χ2n) is 5.50. The lowest BCUT2D eigenvalue weighted by Crippen LogP contribution is -2.36. The average Bonchev–Trinajstić information content (AvgIpc) is 2.56. The van der Waals surface area contributed by atoms with Gasteiger partial charge < -0.3 is 0 Å². The second-order valence-corrected chi connectivity index (χ2v) is 7.25. The van der Waals surface area contributed by atoms with Crippen LogP contribution >= 0.6 is 0 Å². The van der Waals surface area contributed by atoms with Crippen LogP contribution in [0, 0.1) is 0 Å². The Hall–Kier alpha value is -3.00. The molecule has 1 N–H and O–H groups in total. The highest BCUT2D eigenvalue weighted by molar-refractivity contribution is 7.89. The maximum absolute atomic E-state index is 12.9. The third-order valence-corrected chi connectivity index (χ3v) is 4.10. The summed E-state index contributed by atoms with van der Waals surface area (Å²) in [5.41, 5.74) is 1.35. The van der Waals surface area contributed by atoms with Gasteiger partial charge in [0.1, 0.15) is 12.2 Å². The Balaban J connectivity index is 2.18. The average molecular weight is 357 g/mol. The van der Waals surface area contributed by atoms with Gasteiger partial charge in [0.05, 0.1) is 17.3 Å². The highest BCUT2D eigenvalue weighted by Crippen LogP contribution is 2.17. The standard InChI is InChI=1S/C17H15N3O4S/c1-25(23,24)19-15(21)11-20-14-10-6-5-9-13(14)18-16(17(20)22)12-7-3-2-4-8-12/h2-10H,11H2,1H3,(H,19,21). The Bertz CT molecular complexity index is 1110. The molecule has 0 unspecified atom stereocenters. The van der Waals surface area contributed by atoms with E-state index in [0.29, 0.717) is 16.6 Å². The van der Waals surface area contributed by atoms with E-state index in [1.54, 1.807) is 48.5 Å². The van der Waals surface area contributed by atoms with Gasteiger partial charge in [-0.05, 0) is 12.1 Å². The number of nitrogens with one attached hydrogen (secondary N) is 1. The largest absolute Gasteiger partial charge is 0.295 e. The van der Waals surface area contributed by atoms with Gasteiger partial charge in [-0.2, -0.15) is 0 Å². The van der Waals surface area contributed by atoms with Crippen molar-refractivity contribution in [3.8, 4) is 11.3 Å². The first-order valence-corrected chi connectivity index (χ1v) is 9.30. The van der Waals surface area contributed by atoms with Crippen molar-refractivity contribution in [2.24, 2.45) is 0 Å². The van der Waals surface area contributed by atoms with Crippen molar-refractivity contribution in [1.82, 2.24) is 14.3 Å². The SMILES string of the molecule is CS(=O)(=O)NC(=O)Cn1c(=O)c(-c2ccccc2)nc2ccccc21. The van der Waals surface area contributed by atoms with Gasteiger partial charge in [0.2, 0.25) is 10.0 Å². The lowest BCUT2D eigenvalue weighted by molar-refractivity contribution is -0.119. The second kappa shape index (κ2) is 6.48. The maximum atomic E-state index is 12.9. The molecule has 0 fully saturated rings. The van der Waals surface area contributed by atoms with Crippen molar-refractivity contribution < 1.29 is 13.2 Å². The third-order valence-electron chi connectivity index (χ3n) is 3.50. The fraction of sp³-hybridized carbons (Fsp3) is 0.118. The molecule has 7 nitrogen and oxygen atoms in total. The van der Waals surface area contributed by atoms with Gasteiger partial charge >= 0.3 is 0 Å².